The van der Waals surface area contributed by atoms with E-state index in [2.05, 4.69) is 11.9 Å². The van der Waals surface area contributed by atoms with Crippen LogP contribution in [0.1, 0.15) is 84.9 Å². The van der Waals surface area contributed by atoms with Crippen LogP contribution in [0.5, 0.6) is 11.5 Å². The van der Waals surface area contributed by atoms with E-state index in [1.54, 1.807) is 18.2 Å². The van der Waals surface area contributed by atoms with Crippen molar-refractivity contribution < 1.29 is 23.8 Å². The molecule has 6 heteroatoms. The molecule has 4 aliphatic rings. The fourth-order valence-electron chi connectivity index (χ4n) is 7.94. The Labute approximate surface area is 243 Å². The van der Waals surface area contributed by atoms with Gasteiger partial charge in [0, 0.05) is 11.6 Å². The van der Waals surface area contributed by atoms with Crippen LogP contribution in [0.15, 0.2) is 61.2 Å². The summed E-state index contributed by atoms with van der Waals surface area (Å²) in [5.41, 5.74) is 1.23. The third-order valence-corrected chi connectivity index (χ3v) is 9.99. The van der Waals surface area contributed by atoms with Crippen molar-refractivity contribution in [1.29, 1.82) is 0 Å². The first-order valence-electron chi connectivity index (χ1n) is 15.6. The normalized spacial score (nSPS) is 30.2. The Morgan fingerprint density at radius 3 is 2.27 bits per heavy atom. The Bertz CT molecular complexity index is 1200. The van der Waals surface area contributed by atoms with Gasteiger partial charge in [0.15, 0.2) is 0 Å². The van der Waals surface area contributed by atoms with E-state index >= 15 is 0 Å². The van der Waals surface area contributed by atoms with Crippen LogP contribution in [0, 0.1) is 29.6 Å². The van der Waals surface area contributed by atoms with E-state index in [0.717, 1.165) is 66.9 Å². The quantitative estimate of drug-likeness (QED) is 0.252. The first kappa shape index (κ1) is 27.9. The predicted molar refractivity (Wildman–Crippen MR) is 158 cm³/mol. The molecular weight excluding hydrogens is 514 g/mol. The van der Waals surface area contributed by atoms with Gasteiger partial charge < -0.3 is 19.5 Å². The number of esters is 1. The molecule has 0 heterocycles. The summed E-state index contributed by atoms with van der Waals surface area (Å²) < 4.78 is 17.3. The van der Waals surface area contributed by atoms with Crippen molar-refractivity contribution in [3.63, 3.8) is 0 Å². The Morgan fingerprint density at radius 1 is 0.805 bits per heavy atom. The van der Waals surface area contributed by atoms with Crippen molar-refractivity contribution in [2.75, 3.05) is 13.2 Å². The van der Waals surface area contributed by atoms with E-state index in [1.807, 2.05) is 36.4 Å². The van der Waals surface area contributed by atoms with Crippen LogP contribution in [0.25, 0.3) is 0 Å². The van der Waals surface area contributed by atoms with Crippen molar-refractivity contribution in [2.24, 2.45) is 29.6 Å². The lowest BCUT2D eigenvalue weighted by Crippen LogP contribution is -2.41. The van der Waals surface area contributed by atoms with Crippen LogP contribution in [0.4, 0.5) is 0 Å². The third kappa shape index (κ3) is 6.79. The van der Waals surface area contributed by atoms with Gasteiger partial charge in [0.1, 0.15) is 18.1 Å². The molecule has 218 valence electrons. The average molecular weight is 558 g/mol. The fraction of sp³-hybridized carbons (Fsp3) is 0.543. The highest BCUT2D eigenvalue weighted by molar-refractivity contribution is 5.94. The second-order valence-corrected chi connectivity index (χ2v) is 12.8. The Kier molecular flexibility index (Phi) is 8.64. The van der Waals surface area contributed by atoms with E-state index in [1.165, 1.54) is 32.1 Å². The molecule has 41 heavy (non-hydrogen) atoms. The SMILES string of the molecule is C=CCOC(=O)c1ccc(OCC2CCC(Oc3ccc(C(=O)NC4CCC5CC6CC(C5)C4C6)cc3)CC2)cc1. The highest BCUT2D eigenvalue weighted by Crippen LogP contribution is 2.53. The number of amides is 1. The Balaban J connectivity index is 0.922. The molecular formula is C35H43NO5. The number of carbonyl (C=O) groups is 2. The molecule has 6 rings (SSSR count). The van der Waals surface area contributed by atoms with Crippen LogP contribution < -0.4 is 14.8 Å². The van der Waals surface area contributed by atoms with Gasteiger partial charge in [-0.25, -0.2) is 4.79 Å². The second-order valence-electron chi connectivity index (χ2n) is 12.8. The number of fused-ring (bicyclic) bond motifs is 2. The topological polar surface area (TPSA) is 73.9 Å². The average Bonchev–Trinajstić information content (AvgIpc) is 3.25. The summed E-state index contributed by atoms with van der Waals surface area (Å²) in [6, 6.07) is 15.1. The molecule has 6 nitrogen and oxygen atoms in total. The zero-order valence-corrected chi connectivity index (χ0v) is 24.0. The molecule has 1 N–H and O–H groups in total. The molecule has 2 aromatic rings. The number of hydrogen-bond donors (Lipinski definition) is 1. The van der Waals surface area contributed by atoms with Crippen LogP contribution in [-0.2, 0) is 4.74 Å². The summed E-state index contributed by atoms with van der Waals surface area (Å²) in [4.78, 5) is 25.0. The van der Waals surface area contributed by atoms with Gasteiger partial charge in [0.25, 0.3) is 5.91 Å². The van der Waals surface area contributed by atoms with Gasteiger partial charge in [-0.05, 0) is 142 Å². The largest absolute Gasteiger partial charge is 0.493 e. The van der Waals surface area contributed by atoms with Gasteiger partial charge in [-0.2, -0.15) is 0 Å². The van der Waals surface area contributed by atoms with E-state index in [9.17, 15) is 9.59 Å². The lowest BCUT2D eigenvalue weighted by molar-refractivity contribution is 0.0549. The molecule has 3 bridgehead atoms. The van der Waals surface area contributed by atoms with Gasteiger partial charge >= 0.3 is 5.97 Å². The minimum absolute atomic E-state index is 0.0607. The third-order valence-electron chi connectivity index (χ3n) is 9.99. The van der Waals surface area contributed by atoms with Crippen LogP contribution in [-0.4, -0.2) is 37.2 Å². The molecule has 5 atom stereocenters. The van der Waals surface area contributed by atoms with Gasteiger partial charge in [-0.3, -0.25) is 4.79 Å². The van der Waals surface area contributed by atoms with Gasteiger partial charge in [-0.1, -0.05) is 12.7 Å². The van der Waals surface area contributed by atoms with E-state index in [0.29, 0.717) is 30.0 Å². The van der Waals surface area contributed by atoms with E-state index < -0.39 is 0 Å². The summed E-state index contributed by atoms with van der Waals surface area (Å²) >= 11 is 0. The molecule has 0 radical (unpaired) electrons. The molecule has 1 amide bonds. The number of ether oxygens (including phenoxy) is 3. The zero-order valence-electron chi connectivity index (χ0n) is 24.0. The van der Waals surface area contributed by atoms with Crippen molar-refractivity contribution >= 4 is 11.9 Å². The molecule has 2 aromatic carbocycles. The van der Waals surface area contributed by atoms with Crippen molar-refractivity contribution in [1.82, 2.24) is 5.32 Å². The van der Waals surface area contributed by atoms with Crippen molar-refractivity contribution in [2.45, 2.75) is 76.4 Å². The Hall–Kier alpha value is -3.28. The molecule has 5 unspecified atom stereocenters. The summed E-state index contributed by atoms with van der Waals surface area (Å²) in [5.74, 6) is 5.07. The first-order chi connectivity index (χ1) is 20.0. The molecule has 4 aliphatic carbocycles. The minimum atomic E-state index is -0.361. The summed E-state index contributed by atoms with van der Waals surface area (Å²) in [6.45, 7) is 4.41. The maximum absolute atomic E-state index is 13.1. The zero-order chi connectivity index (χ0) is 28.2. The van der Waals surface area contributed by atoms with Gasteiger partial charge in [-0.15, -0.1) is 0 Å². The monoisotopic (exact) mass is 557 g/mol. The smallest absolute Gasteiger partial charge is 0.338 e. The second kappa shape index (κ2) is 12.7. The molecule has 0 spiro atoms. The number of hydrogen-bond acceptors (Lipinski definition) is 5. The highest BCUT2D eigenvalue weighted by atomic mass is 16.5. The number of nitrogens with one attached hydrogen (secondary N) is 1. The van der Waals surface area contributed by atoms with Gasteiger partial charge in [0.05, 0.1) is 18.3 Å². The summed E-state index contributed by atoms with van der Waals surface area (Å²) in [6.07, 6.45) is 13.7. The summed E-state index contributed by atoms with van der Waals surface area (Å²) in [5, 5.41) is 3.42. The van der Waals surface area contributed by atoms with E-state index in [-0.39, 0.29) is 24.6 Å². The van der Waals surface area contributed by atoms with Crippen LogP contribution in [0.3, 0.4) is 0 Å². The molecule has 0 aliphatic heterocycles. The lowest BCUT2D eigenvalue weighted by atomic mass is 9.80. The lowest BCUT2D eigenvalue weighted by Gasteiger charge is -2.29. The van der Waals surface area contributed by atoms with Crippen LogP contribution >= 0.6 is 0 Å². The van der Waals surface area contributed by atoms with Crippen molar-refractivity contribution in [3.05, 3.63) is 72.3 Å². The predicted octanol–water partition coefficient (Wildman–Crippen LogP) is 6.99. The van der Waals surface area contributed by atoms with Crippen molar-refractivity contribution in [3.8, 4) is 11.5 Å². The minimum Gasteiger partial charge on any atom is -0.493 e. The summed E-state index contributed by atoms with van der Waals surface area (Å²) in [7, 11) is 0. The molecule has 0 aromatic heterocycles. The molecule has 0 saturated heterocycles. The fourth-order valence-corrected chi connectivity index (χ4v) is 7.94. The maximum atomic E-state index is 13.1. The highest BCUT2D eigenvalue weighted by Gasteiger charge is 2.46. The standard InChI is InChI=1S/C35H43NO5/c1-2-17-39-35(38)27-8-12-29(13-9-27)40-22-23-3-10-30(11-4-23)41-31-14-6-26(7-15-31)34(37)36-33-16-5-24-18-25-20-28(19-24)32(33)21-25/h2,6-9,12-15,23-25,28,30,32-33H,1,3-5,10-11,16-22H2,(H,36,37). The Morgan fingerprint density at radius 2 is 1.51 bits per heavy atom. The first-order valence-corrected chi connectivity index (χ1v) is 15.6. The number of carbonyl (C=O) groups excluding carboxylic acids is 2. The van der Waals surface area contributed by atoms with E-state index in [4.69, 9.17) is 14.2 Å². The number of benzene rings is 2. The molecule has 4 fully saturated rings. The maximum Gasteiger partial charge on any atom is 0.338 e. The van der Waals surface area contributed by atoms with Gasteiger partial charge in [0.2, 0.25) is 0 Å². The van der Waals surface area contributed by atoms with Crippen LogP contribution in [0.2, 0.25) is 0 Å². The number of rotatable bonds is 10. The molecule has 4 saturated carbocycles.